The molecule has 2 aromatic rings. The molecule has 0 fully saturated rings. The molecular weight excluding hydrogens is 396 g/mol. The van der Waals surface area contributed by atoms with Gasteiger partial charge in [0.25, 0.3) is 0 Å². The number of rotatable bonds is 10. The Kier molecular flexibility index (Phi) is 7.86. The smallest absolute Gasteiger partial charge is 0.240 e. The lowest BCUT2D eigenvalue weighted by atomic mass is 10.1. The molecule has 0 aliphatic carbocycles. The van der Waals surface area contributed by atoms with Gasteiger partial charge < -0.3 is 19.5 Å². The Bertz CT molecular complexity index is 959. The van der Waals surface area contributed by atoms with Crippen molar-refractivity contribution in [2.45, 2.75) is 24.7 Å². The van der Waals surface area contributed by atoms with Crippen LogP contribution in [0.5, 0.6) is 17.2 Å². The van der Waals surface area contributed by atoms with Gasteiger partial charge in [0.05, 0.1) is 31.9 Å². The largest absolute Gasteiger partial charge is 0.495 e. The van der Waals surface area contributed by atoms with Gasteiger partial charge in [-0.3, -0.25) is 4.79 Å². The third-order valence-electron chi connectivity index (χ3n) is 4.23. The van der Waals surface area contributed by atoms with E-state index in [1.807, 2.05) is 6.07 Å². The summed E-state index contributed by atoms with van der Waals surface area (Å²) in [6.45, 7) is 1.90. The lowest BCUT2D eigenvalue weighted by Crippen LogP contribution is -2.26. The Morgan fingerprint density at radius 2 is 1.59 bits per heavy atom. The summed E-state index contributed by atoms with van der Waals surface area (Å²) in [4.78, 5) is 11.7. The third-order valence-corrected chi connectivity index (χ3v) is 5.69. The summed E-state index contributed by atoms with van der Waals surface area (Å²) >= 11 is 0. The normalized spacial score (nSPS) is 11.0. The Morgan fingerprint density at radius 1 is 0.931 bits per heavy atom. The fourth-order valence-corrected chi connectivity index (χ4v) is 3.70. The van der Waals surface area contributed by atoms with Crippen molar-refractivity contribution in [2.75, 3.05) is 33.2 Å². The Labute approximate surface area is 171 Å². The standard InChI is InChI=1S/C20H26N2O6S/c1-5-20(23)22-16-13-15(7-9-17(16)26-2)29(24,25)21-11-10-14-6-8-18(27-3)19(12-14)28-4/h6-9,12-13,21H,5,10-11H2,1-4H3,(H,22,23). The van der Waals surface area contributed by atoms with E-state index in [0.717, 1.165) is 5.56 Å². The van der Waals surface area contributed by atoms with Gasteiger partial charge in [0.2, 0.25) is 15.9 Å². The summed E-state index contributed by atoms with van der Waals surface area (Å²) in [6.07, 6.45) is 0.735. The molecule has 0 spiro atoms. The topological polar surface area (TPSA) is 103 Å². The minimum Gasteiger partial charge on any atom is -0.495 e. The Hall–Kier alpha value is -2.78. The van der Waals surface area contributed by atoms with E-state index < -0.39 is 10.0 Å². The van der Waals surface area contributed by atoms with Crippen LogP contribution >= 0.6 is 0 Å². The van der Waals surface area contributed by atoms with Gasteiger partial charge >= 0.3 is 0 Å². The molecule has 9 heteroatoms. The first kappa shape index (κ1) is 22.5. The quantitative estimate of drug-likeness (QED) is 0.610. The Morgan fingerprint density at radius 3 is 2.21 bits per heavy atom. The van der Waals surface area contributed by atoms with Crippen molar-refractivity contribution in [3.8, 4) is 17.2 Å². The minimum absolute atomic E-state index is 0.0389. The van der Waals surface area contributed by atoms with Crippen LogP contribution in [0.4, 0.5) is 5.69 Å². The zero-order valence-corrected chi connectivity index (χ0v) is 17.8. The molecule has 0 saturated carbocycles. The van der Waals surface area contributed by atoms with Gasteiger partial charge in [-0.15, -0.1) is 0 Å². The second kappa shape index (κ2) is 10.1. The van der Waals surface area contributed by atoms with Gasteiger partial charge in [0, 0.05) is 13.0 Å². The van der Waals surface area contributed by atoms with Crippen LogP contribution in [0, 0.1) is 0 Å². The van der Waals surface area contributed by atoms with Crippen LogP contribution in [-0.2, 0) is 21.2 Å². The van der Waals surface area contributed by atoms with Crippen molar-refractivity contribution in [1.82, 2.24) is 4.72 Å². The van der Waals surface area contributed by atoms with Crippen molar-refractivity contribution in [3.05, 3.63) is 42.0 Å². The monoisotopic (exact) mass is 422 g/mol. The molecule has 2 N–H and O–H groups in total. The van der Waals surface area contributed by atoms with Crippen LogP contribution in [-0.4, -0.2) is 42.2 Å². The van der Waals surface area contributed by atoms with E-state index in [9.17, 15) is 13.2 Å². The van der Waals surface area contributed by atoms with Crippen molar-refractivity contribution >= 4 is 21.6 Å². The van der Waals surface area contributed by atoms with Crippen LogP contribution < -0.4 is 24.2 Å². The van der Waals surface area contributed by atoms with E-state index in [-0.39, 0.29) is 23.8 Å². The van der Waals surface area contributed by atoms with Gasteiger partial charge in [-0.1, -0.05) is 13.0 Å². The predicted molar refractivity (Wildman–Crippen MR) is 110 cm³/mol. The predicted octanol–water partition coefficient (Wildman–Crippen LogP) is 2.58. The first-order valence-electron chi connectivity index (χ1n) is 9.03. The maximum atomic E-state index is 12.6. The summed E-state index contributed by atoms with van der Waals surface area (Å²) in [7, 11) is 0.787. The minimum atomic E-state index is -3.76. The van der Waals surface area contributed by atoms with Crippen molar-refractivity contribution in [3.63, 3.8) is 0 Å². The molecule has 0 bridgehead atoms. The van der Waals surface area contributed by atoms with Crippen LogP contribution in [0.25, 0.3) is 0 Å². The molecule has 0 aliphatic heterocycles. The number of anilines is 1. The fourth-order valence-electron chi connectivity index (χ4n) is 2.64. The maximum Gasteiger partial charge on any atom is 0.240 e. The van der Waals surface area contributed by atoms with Gasteiger partial charge in [-0.2, -0.15) is 0 Å². The number of carbonyl (C=O) groups excluding carboxylic acids is 1. The zero-order chi connectivity index (χ0) is 21.4. The number of carbonyl (C=O) groups is 1. The average Bonchev–Trinajstić information content (AvgIpc) is 2.73. The lowest BCUT2D eigenvalue weighted by molar-refractivity contribution is -0.115. The number of hydrogen-bond acceptors (Lipinski definition) is 6. The van der Waals surface area contributed by atoms with Crippen molar-refractivity contribution in [1.29, 1.82) is 0 Å². The molecule has 0 atom stereocenters. The number of sulfonamides is 1. The lowest BCUT2D eigenvalue weighted by Gasteiger charge is -2.13. The summed E-state index contributed by atoms with van der Waals surface area (Å²) in [5.74, 6) is 1.34. The number of benzene rings is 2. The van der Waals surface area contributed by atoms with E-state index in [1.54, 1.807) is 33.3 Å². The van der Waals surface area contributed by atoms with Gasteiger partial charge in [0.1, 0.15) is 5.75 Å². The van der Waals surface area contributed by atoms with Gasteiger partial charge in [-0.25, -0.2) is 13.1 Å². The highest BCUT2D eigenvalue weighted by atomic mass is 32.2. The second-order valence-electron chi connectivity index (χ2n) is 6.10. The number of ether oxygens (including phenoxy) is 3. The summed E-state index contributed by atoms with van der Waals surface area (Å²) in [5.41, 5.74) is 1.21. The van der Waals surface area contributed by atoms with Crippen LogP contribution in [0.3, 0.4) is 0 Å². The summed E-state index contributed by atoms with van der Waals surface area (Å²) < 4.78 is 43.5. The highest BCUT2D eigenvalue weighted by molar-refractivity contribution is 7.89. The van der Waals surface area contributed by atoms with Gasteiger partial charge in [-0.05, 0) is 42.3 Å². The SMILES string of the molecule is CCC(=O)Nc1cc(S(=O)(=O)NCCc2ccc(OC)c(OC)c2)ccc1OC. The molecule has 0 radical (unpaired) electrons. The first-order valence-corrected chi connectivity index (χ1v) is 10.5. The van der Waals surface area contributed by atoms with Crippen LogP contribution in [0.15, 0.2) is 41.3 Å². The molecular formula is C20H26N2O6S. The third kappa shape index (κ3) is 5.85. The first-order chi connectivity index (χ1) is 13.8. The fraction of sp³-hybridized carbons (Fsp3) is 0.350. The number of hydrogen-bond donors (Lipinski definition) is 2. The summed E-state index contributed by atoms with van der Waals surface area (Å²) in [5, 5.41) is 2.65. The molecule has 0 saturated heterocycles. The van der Waals surface area contributed by atoms with E-state index in [4.69, 9.17) is 14.2 Å². The highest BCUT2D eigenvalue weighted by Gasteiger charge is 2.17. The molecule has 1 amide bonds. The molecule has 0 aliphatic rings. The Balaban J connectivity index is 2.11. The second-order valence-corrected chi connectivity index (χ2v) is 7.87. The zero-order valence-electron chi connectivity index (χ0n) is 16.9. The number of methoxy groups -OCH3 is 3. The molecule has 8 nitrogen and oxygen atoms in total. The summed E-state index contributed by atoms with van der Waals surface area (Å²) in [6, 6.07) is 9.74. The molecule has 0 unspecified atom stereocenters. The highest BCUT2D eigenvalue weighted by Crippen LogP contribution is 2.29. The molecule has 29 heavy (non-hydrogen) atoms. The number of nitrogens with one attached hydrogen (secondary N) is 2. The molecule has 2 rings (SSSR count). The van der Waals surface area contributed by atoms with E-state index in [0.29, 0.717) is 29.4 Å². The number of amides is 1. The van der Waals surface area contributed by atoms with Gasteiger partial charge in [0.15, 0.2) is 11.5 Å². The van der Waals surface area contributed by atoms with E-state index >= 15 is 0 Å². The maximum absolute atomic E-state index is 12.6. The van der Waals surface area contributed by atoms with Crippen molar-refractivity contribution < 1.29 is 27.4 Å². The average molecular weight is 423 g/mol. The van der Waals surface area contributed by atoms with Crippen molar-refractivity contribution in [2.24, 2.45) is 0 Å². The van der Waals surface area contributed by atoms with E-state index in [1.165, 1.54) is 25.3 Å². The van der Waals surface area contributed by atoms with Crippen LogP contribution in [0.2, 0.25) is 0 Å². The molecule has 0 aromatic heterocycles. The molecule has 158 valence electrons. The van der Waals surface area contributed by atoms with Crippen LogP contribution in [0.1, 0.15) is 18.9 Å². The van der Waals surface area contributed by atoms with E-state index in [2.05, 4.69) is 10.0 Å². The molecule has 2 aromatic carbocycles. The molecule has 0 heterocycles.